The first-order valence-corrected chi connectivity index (χ1v) is 5.56. The van der Waals surface area contributed by atoms with E-state index in [4.69, 9.17) is 27.7 Å². The second-order valence-corrected chi connectivity index (χ2v) is 3.45. The number of rotatable bonds is 3. The van der Waals surface area contributed by atoms with Gasteiger partial charge in [-0.3, -0.25) is 8.42 Å². The van der Waals surface area contributed by atoms with E-state index >= 15 is 0 Å². The van der Waals surface area contributed by atoms with Crippen molar-refractivity contribution in [3.05, 3.63) is 0 Å². The van der Waals surface area contributed by atoms with Crippen molar-refractivity contribution in [2.75, 3.05) is 11.5 Å². The summed E-state index contributed by atoms with van der Waals surface area (Å²) in [6, 6.07) is 0. The van der Waals surface area contributed by atoms with Crippen LogP contribution in [0, 0.1) is 0 Å². The molecule has 11 heteroatoms. The molecule has 0 aliphatic carbocycles. The van der Waals surface area contributed by atoms with Gasteiger partial charge in [0.1, 0.15) is 0 Å². The Labute approximate surface area is 144 Å². The second-order valence-electron chi connectivity index (χ2n) is 1.91. The monoisotopic (exact) mass is 296 g/mol. The van der Waals surface area contributed by atoms with Crippen LogP contribution in [0.15, 0.2) is 0 Å². The molecule has 0 bridgehead atoms. The maximum absolute atomic E-state index is 8.75. The zero-order valence-electron chi connectivity index (χ0n) is 8.40. The molecule has 82 valence electrons. The van der Waals surface area contributed by atoms with E-state index in [2.05, 4.69) is 25.3 Å². The normalized spacial score (nSPS) is 13.5. The van der Waals surface area contributed by atoms with Crippen LogP contribution < -0.4 is 59.1 Å². The van der Waals surface area contributed by atoms with E-state index in [-0.39, 0.29) is 70.6 Å². The Morgan fingerprint density at radius 1 is 1.00 bits per heavy atom. The Morgan fingerprint density at radius 2 is 1.13 bits per heavy atom. The van der Waals surface area contributed by atoms with Crippen molar-refractivity contribution >= 4 is 35.7 Å². The van der Waals surface area contributed by atoms with Crippen molar-refractivity contribution in [3.63, 3.8) is 0 Å². The standard InChI is InChI=1S/C4H10O2S2.2Na.H2O4S/c5-3(1-7)4(6)2-8;;;1-5(2,3)4/h3-8H,1-2H2;;;(H2,1,2,3,4)/q;2*+1;/p-2/t3-,4-;;;/m1.../s1. The summed E-state index contributed by atoms with van der Waals surface area (Å²) in [6.45, 7) is 0. The Morgan fingerprint density at radius 3 is 1.20 bits per heavy atom. The van der Waals surface area contributed by atoms with Gasteiger partial charge < -0.3 is 19.3 Å². The minimum Gasteiger partial charge on any atom is -0.759 e. The molecule has 0 unspecified atom stereocenters. The van der Waals surface area contributed by atoms with Gasteiger partial charge in [0, 0.05) is 21.9 Å². The molecule has 0 amide bonds. The van der Waals surface area contributed by atoms with E-state index in [1.807, 2.05) is 0 Å². The van der Waals surface area contributed by atoms with E-state index < -0.39 is 22.6 Å². The molecular formula is C4H10Na2O6S3. The van der Waals surface area contributed by atoms with Crippen LogP contribution in [-0.4, -0.2) is 51.4 Å². The second kappa shape index (κ2) is 14.6. The van der Waals surface area contributed by atoms with Gasteiger partial charge in [-0.15, -0.1) is 0 Å². The third-order valence-corrected chi connectivity index (χ3v) is 1.57. The third kappa shape index (κ3) is 31.5. The summed E-state index contributed by atoms with van der Waals surface area (Å²) in [6.07, 6.45) is -1.48. The molecule has 0 aromatic rings. The minimum atomic E-state index is -5.17. The molecule has 0 spiro atoms. The van der Waals surface area contributed by atoms with Crippen LogP contribution in [0.4, 0.5) is 0 Å². The topological polar surface area (TPSA) is 121 Å². The van der Waals surface area contributed by atoms with E-state index in [0.29, 0.717) is 0 Å². The van der Waals surface area contributed by atoms with Gasteiger partial charge >= 0.3 is 59.1 Å². The largest absolute Gasteiger partial charge is 1.00 e. The predicted molar refractivity (Wildman–Crippen MR) is 50.2 cm³/mol. The molecule has 0 saturated carbocycles. The Bertz CT molecular complexity index is 194. The summed E-state index contributed by atoms with van der Waals surface area (Å²) in [5.74, 6) is 0.559. The Hall–Kier alpha value is 2.49. The molecule has 0 aromatic heterocycles. The molecule has 2 atom stereocenters. The van der Waals surface area contributed by atoms with Gasteiger partial charge in [-0.25, -0.2) is 0 Å². The van der Waals surface area contributed by atoms with Crippen LogP contribution in [0.1, 0.15) is 0 Å². The summed E-state index contributed by atoms with van der Waals surface area (Å²) in [5.41, 5.74) is 0. The van der Waals surface area contributed by atoms with E-state index in [1.54, 1.807) is 0 Å². The molecule has 0 rings (SSSR count). The molecule has 0 aromatic carbocycles. The molecule has 15 heavy (non-hydrogen) atoms. The van der Waals surface area contributed by atoms with Crippen LogP contribution in [0.3, 0.4) is 0 Å². The van der Waals surface area contributed by atoms with Crippen molar-refractivity contribution in [2.24, 2.45) is 0 Å². The molecule has 0 heterocycles. The third-order valence-electron chi connectivity index (χ3n) is 0.818. The van der Waals surface area contributed by atoms with Crippen LogP contribution in [-0.2, 0) is 10.4 Å². The molecule has 0 fully saturated rings. The molecule has 0 radical (unpaired) electrons. The summed E-state index contributed by atoms with van der Waals surface area (Å²) in [7, 11) is -5.17. The van der Waals surface area contributed by atoms with E-state index in [9.17, 15) is 0 Å². The van der Waals surface area contributed by atoms with Gasteiger partial charge in [-0.05, 0) is 0 Å². The average molecular weight is 296 g/mol. The Balaban J connectivity index is -0.0000000770. The first kappa shape index (κ1) is 26.1. The van der Waals surface area contributed by atoms with Crippen molar-refractivity contribution in [3.8, 4) is 0 Å². The summed E-state index contributed by atoms with van der Waals surface area (Å²) in [4.78, 5) is 0. The van der Waals surface area contributed by atoms with Gasteiger partial charge in [0.2, 0.25) is 0 Å². The van der Waals surface area contributed by atoms with Crippen LogP contribution in [0.25, 0.3) is 0 Å². The first-order chi connectivity index (χ1) is 5.72. The van der Waals surface area contributed by atoms with Gasteiger partial charge in [0.25, 0.3) is 0 Å². The predicted octanol–water partition coefficient (Wildman–Crippen LogP) is -7.76. The molecular weight excluding hydrogens is 286 g/mol. The van der Waals surface area contributed by atoms with E-state index in [1.165, 1.54) is 0 Å². The smallest absolute Gasteiger partial charge is 0.759 e. The van der Waals surface area contributed by atoms with Crippen molar-refractivity contribution in [1.29, 1.82) is 0 Å². The van der Waals surface area contributed by atoms with Crippen LogP contribution in [0.5, 0.6) is 0 Å². The minimum absolute atomic E-state index is 0. The molecule has 0 aliphatic rings. The van der Waals surface area contributed by atoms with Gasteiger partial charge in [-0.2, -0.15) is 25.3 Å². The number of hydrogen-bond acceptors (Lipinski definition) is 8. The fourth-order valence-electron chi connectivity index (χ4n) is 0.243. The van der Waals surface area contributed by atoms with Gasteiger partial charge in [-0.1, -0.05) is 0 Å². The maximum atomic E-state index is 8.75. The molecule has 6 nitrogen and oxygen atoms in total. The number of hydrogen-bond donors (Lipinski definition) is 4. The number of thiol groups is 2. The van der Waals surface area contributed by atoms with Crippen LogP contribution >= 0.6 is 25.3 Å². The van der Waals surface area contributed by atoms with E-state index in [0.717, 1.165) is 0 Å². The summed E-state index contributed by atoms with van der Waals surface area (Å²) >= 11 is 7.53. The Kier molecular flexibility index (Phi) is 25.4. The zero-order valence-corrected chi connectivity index (χ0v) is 15.0. The van der Waals surface area contributed by atoms with Crippen molar-refractivity contribution in [1.82, 2.24) is 0 Å². The van der Waals surface area contributed by atoms with Gasteiger partial charge in [0.15, 0.2) is 0 Å². The van der Waals surface area contributed by atoms with Crippen LogP contribution in [0.2, 0.25) is 0 Å². The fourth-order valence-corrected chi connectivity index (χ4v) is 0.730. The zero-order chi connectivity index (χ0) is 11.1. The maximum Gasteiger partial charge on any atom is 1.00 e. The van der Waals surface area contributed by atoms with Crippen molar-refractivity contribution in [2.45, 2.75) is 12.2 Å². The molecule has 2 N–H and O–H groups in total. The molecule has 0 saturated heterocycles. The average Bonchev–Trinajstić information content (AvgIpc) is 1.98. The van der Waals surface area contributed by atoms with Crippen molar-refractivity contribution < 1.29 is 86.9 Å². The first-order valence-electron chi connectivity index (χ1n) is 2.97. The quantitative estimate of drug-likeness (QED) is 0.178. The fraction of sp³-hybridized carbons (Fsp3) is 1.00. The number of aliphatic hydroxyl groups is 2. The summed E-state index contributed by atoms with van der Waals surface area (Å²) in [5, 5.41) is 17.5. The number of aliphatic hydroxyl groups excluding tert-OH is 2. The summed E-state index contributed by atoms with van der Waals surface area (Å²) < 4.78 is 34.1. The SMILES string of the molecule is O=S(=O)([O-])[O-].O[C@H](CS)[C@H](O)CS.[Na+].[Na+]. The molecule has 0 aliphatic heterocycles. The van der Waals surface area contributed by atoms with Gasteiger partial charge in [0.05, 0.1) is 12.2 Å².